The molecule has 2 aliphatic carbocycles. The van der Waals surface area contributed by atoms with E-state index in [1.165, 1.54) is 19.3 Å². The van der Waals surface area contributed by atoms with Crippen LogP contribution in [0, 0.1) is 0 Å². The summed E-state index contributed by atoms with van der Waals surface area (Å²) in [7, 11) is 0. The SMILES string of the molecule is O=C(Nc1ccc(C2(C(=O)NC3CCCCC3)CC2)cc1)c1ccc(Br)cc1. The summed E-state index contributed by atoms with van der Waals surface area (Å²) >= 11 is 3.37. The largest absolute Gasteiger partial charge is 0.353 e. The van der Waals surface area contributed by atoms with Crippen molar-refractivity contribution in [2.75, 3.05) is 5.32 Å². The van der Waals surface area contributed by atoms with Gasteiger partial charge in [0.25, 0.3) is 5.91 Å². The highest BCUT2D eigenvalue weighted by molar-refractivity contribution is 9.10. The molecule has 2 aliphatic rings. The number of amides is 2. The van der Waals surface area contributed by atoms with Crippen LogP contribution in [0.4, 0.5) is 5.69 Å². The number of nitrogens with one attached hydrogen (secondary N) is 2. The van der Waals surface area contributed by atoms with Gasteiger partial charge in [-0.05, 0) is 67.6 Å². The van der Waals surface area contributed by atoms with Crippen LogP contribution in [0.2, 0.25) is 0 Å². The molecule has 2 saturated carbocycles. The minimum absolute atomic E-state index is 0.142. The van der Waals surface area contributed by atoms with Crippen LogP contribution in [0.5, 0.6) is 0 Å². The van der Waals surface area contributed by atoms with Gasteiger partial charge in [0.1, 0.15) is 0 Å². The Morgan fingerprint density at radius 1 is 0.893 bits per heavy atom. The first-order valence-electron chi connectivity index (χ1n) is 10.1. The lowest BCUT2D eigenvalue weighted by atomic mass is 9.91. The molecule has 2 aromatic rings. The second-order valence-corrected chi connectivity index (χ2v) is 8.84. The molecule has 0 aliphatic heterocycles. The fraction of sp³-hybridized carbons (Fsp3) is 0.391. The van der Waals surface area contributed by atoms with E-state index in [4.69, 9.17) is 0 Å². The average Bonchev–Trinajstić information content (AvgIpc) is 3.52. The van der Waals surface area contributed by atoms with Gasteiger partial charge in [0, 0.05) is 21.8 Å². The molecule has 5 heteroatoms. The molecule has 146 valence electrons. The zero-order valence-corrected chi connectivity index (χ0v) is 17.4. The number of benzene rings is 2. The summed E-state index contributed by atoms with van der Waals surface area (Å²) in [5.74, 6) is 0.0301. The lowest BCUT2D eigenvalue weighted by Crippen LogP contribution is -2.42. The van der Waals surface area contributed by atoms with Gasteiger partial charge in [0.2, 0.25) is 5.91 Å². The van der Waals surface area contributed by atoms with Crippen molar-refractivity contribution in [3.05, 3.63) is 64.1 Å². The van der Waals surface area contributed by atoms with Crippen LogP contribution in [0.3, 0.4) is 0 Å². The first kappa shape index (κ1) is 19.2. The first-order chi connectivity index (χ1) is 13.6. The van der Waals surface area contributed by atoms with E-state index < -0.39 is 0 Å². The van der Waals surface area contributed by atoms with Crippen LogP contribution in [0.1, 0.15) is 60.9 Å². The molecule has 4 nitrogen and oxygen atoms in total. The number of carbonyl (C=O) groups excluding carboxylic acids is 2. The van der Waals surface area contributed by atoms with Crippen LogP contribution < -0.4 is 10.6 Å². The Hall–Kier alpha value is -2.14. The standard InChI is InChI=1S/C23H25BrN2O2/c24-18-10-6-16(7-11-18)21(27)25-20-12-8-17(9-13-20)23(14-15-23)22(28)26-19-4-2-1-3-5-19/h6-13,19H,1-5,14-15H2,(H,25,27)(H,26,28). The maximum Gasteiger partial charge on any atom is 0.255 e. The Morgan fingerprint density at radius 3 is 2.14 bits per heavy atom. The van der Waals surface area contributed by atoms with Gasteiger partial charge < -0.3 is 10.6 Å². The minimum Gasteiger partial charge on any atom is -0.353 e. The zero-order valence-electron chi connectivity index (χ0n) is 15.8. The van der Waals surface area contributed by atoms with Crippen molar-refractivity contribution in [3.8, 4) is 0 Å². The van der Waals surface area contributed by atoms with Crippen molar-refractivity contribution in [3.63, 3.8) is 0 Å². The molecule has 0 atom stereocenters. The third kappa shape index (κ3) is 4.14. The summed E-state index contributed by atoms with van der Waals surface area (Å²) in [6, 6.07) is 15.3. The van der Waals surface area contributed by atoms with E-state index in [1.54, 1.807) is 12.1 Å². The van der Waals surface area contributed by atoms with E-state index in [0.29, 0.717) is 11.6 Å². The van der Waals surface area contributed by atoms with Crippen molar-refractivity contribution < 1.29 is 9.59 Å². The summed E-state index contributed by atoms with van der Waals surface area (Å²) in [5.41, 5.74) is 2.02. The fourth-order valence-electron chi connectivity index (χ4n) is 4.02. The quantitative estimate of drug-likeness (QED) is 0.672. The number of rotatable bonds is 5. The maximum absolute atomic E-state index is 12.9. The molecule has 0 radical (unpaired) electrons. The predicted molar refractivity (Wildman–Crippen MR) is 114 cm³/mol. The number of anilines is 1. The monoisotopic (exact) mass is 440 g/mol. The van der Waals surface area contributed by atoms with Gasteiger partial charge >= 0.3 is 0 Å². The number of hydrogen-bond donors (Lipinski definition) is 2. The van der Waals surface area contributed by atoms with Crippen LogP contribution in [0.25, 0.3) is 0 Å². The van der Waals surface area contributed by atoms with E-state index in [-0.39, 0.29) is 17.2 Å². The lowest BCUT2D eigenvalue weighted by Gasteiger charge is -2.25. The first-order valence-corrected chi connectivity index (χ1v) is 10.8. The van der Waals surface area contributed by atoms with Crippen LogP contribution >= 0.6 is 15.9 Å². The molecule has 0 bridgehead atoms. The Morgan fingerprint density at radius 2 is 1.54 bits per heavy atom. The Balaban J connectivity index is 1.40. The van der Waals surface area contributed by atoms with Gasteiger partial charge in [-0.1, -0.05) is 47.3 Å². The van der Waals surface area contributed by atoms with E-state index >= 15 is 0 Å². The third-order valence-electron chi connectivity index (χ3n) is 5.93. The summed E-state index contributed by atoms with van der Waals surface area (Å²) in [5, 5.41) is 6.20. The third-order valence-corrected chi connectivity index (χ3v) is 6.46. The van der Waals surface area contributed by atoms with Crippen molar-refractivity contribution in [2.24, 2.45) is 0 Å². The fourth-order valence-corrected chi connectivity index (χ4v) is 4.28. The van der Waals surface area contributed by atoms with Gasteiger partial charge in [-0.3, -0.25) is 9.59 Å². The molecule has 2 N–H and O–H groups in total. The second-order valence-electron chi connectivity index (χ2n) is 7.93. The van der Waals surface area contributed by atoms with Gasteiger partial charge in [-0.2, -0.15) is 0 Å². The zero-order chi connectivity index (χ0) is 19.6. The highest BCUT2D eigenvalue weighted by Crippen LogP contribution is 2.48. The minimum atomic E-state index is -0.369. The van der Waals surface area contributed by atoms with E-state index in [2.05, 4.69) is 26.6 Å². The second kappa shape index (κ2) is 8.08. The highest BCUT2D eigenvalue weighted by Gasteiger charge is 2.51. The molecule has 2 aromatic carbocycles. The Kier molecular flexibility index (Phi) is 5.54. The molecule has 2 amide bonds. The molecule has 28 heavy (non-hydrogen) atoms. The van der Waals surface area contributed by atoms with Crippen LogP contribution in [-0.2, 0) is 10.2 Å². The van der Waals surface area contributed by atoms with Crippen molar-refractivity contribution in [2.45, 2.75) is 56.4 Å². The maximum atomic E-state index is 12.9. The molecular weight excluding hydrogens is 416 g/mol. The van der Waals surface area contributed by atoms with Crippen molar-refractivity contribution >= 4 is 33.4 Å². The normalized spacial score (nSPS) is 18.3. The highest BCUT2D eigenvalue weighted by atomic mass is 79.9. The molecule has 4 rings (SSSR count). The summed E-state index contributed by atoms with van der Waals surface area (Å²) in [4.78, 5) is 25.2. The Bertz CT molecular complexity index is 851. The van der Waals surface area contributed by atoms with Crippen molar-refractivity contribution in [1.82, 2.24) is 5.32 Å². The molecule has 0 unspecified atom stereocenters. The summed E-state index contributed by atoms with van der Waals surface area (Å²) in [6.45, 7) is 0. The molecule has 0 spiro atoms. The lowest BCUT2D eigenvalue weighted by molar-refractivity contribution is -0.124. The summed E-state index contributed by atoms with van der Waals surface area (Å²) < 4.78 is 0.939. The van der Waals surface area contributed by atoms with Gasteiger partial charge in [-0.15, -0.1) is 0 Å². The van der Waals surface area contributed by atoms with Gasteiger partial charge in [-0.25, -0.2) is 0 Å². The van der Waals surface area contributed by atoms with Gasteiger partial charge in [0.15, 0.2) is 0 Å². The number of hydrogen-bond acceptors (Lipinski definition) is 2. The molecule has 0 heterocycles. The molecular formula is C23H25BrN2O2. The topological polar surface area (TPSA) is 58.2 Å². The van der Waals surface area contributed by atoms with Crippen LogP contribution in [-0.4, -0.2) is 17.9 Å². The number of halogens is 1. The van der Waals surface area contributed by atoms with Crippen LogP contribution in [0.15, 0.2) is 53.0 Å². The molecule has 0 aromatic heterocycles. The predicted octanol–water partition coefficient (Wildman–Crippen LogP) is 5.18. The van der Waals surface area contributed by atoms with E-state index in [9.17, 15) is 9.59 Å². The van der Waals surface area contributed by atoms with Crippen molar-refractivity contribution in [1.29, 1.82) is 0 Å². The van der Waals surface area contributed by atoms with E-state index in [0.717, 1.165) is 41.4 Å². The number of carbonyl (C=O) groups is 2. The van der Waals surface area contributed by atoms with Gasteiger partial charge in [0.05, 0.1) is 5.41 Å². The smallest absolute Gasteiger partial charge is 0.255 e. The van der Waals surface area contributed by atoms with E-state index in [1.807, 2.05) is 36.4 Å². The molecule has 2 fully saturated rings. The molecule has 0 saturated heterocycles. The Labute approximate surface area is 174 Å². The summed E-state index contributed by atoms with van der Waals surface area (Å²) in [6.07, 6.45) is 7.71. The average molecular weight is 441 g/mol.